The van der Waals surface area contributed by atoms with Crippen LogP contribution in [0.2, 0.25) is 0 Å². The van der Waals surface area contributed by atoms with Crippen LogP contribution in [0.1, 0.15) is 48.4 Å². The van der Waals surface area contributed by atoms with E-state index in [0.29, 0.717) is 11.4 Å². The first-order valence-corrected chi connectivity index (χ1v) is 10.0. The Morgan fingerprint density at radius 2 is 1.58 bits per heavy atom. The lowest BCUT2D eigenvalue weighted by atomic mass is 10.0. The summed E-state index contributed by atoms with van der Waals surface area (Å²) in [6, 6.07) is 2.19. The van der Waals surface area contributed by atoms with Crippen molar-refractivity contribution in [1.82, 2.24) is 9.62 Å². The highest BCUT2D eigenvalue weighted by molar-refractivity contribution is 7.89. The molecule has 1 aromatic rings. The summed E-state index contributed by atoms with van der Waals surface area (Å²) in [5, 5.41) is 3.32. The lowest BCUT2D eigenvalue weighted by Crippen LogP contribution is -2.46. The molecule has 0 aromatic heterocycles. The highest BCUT2D eigenvalue weighted by atomic mass is 35.5. The van der Waals surface area contributed by atoms with Gasteiger partial charge in [-0.05, 0) is 82.3 Å². The van der Waals surface area contributed by atoms with E-state index in [0.717, 1.165) is 54.6 Å². The third-order valence-electron chi connectivity index (χ3n) is 5.02. The van der Waals surface area contributed by atoms with Crippen molar-refractivity contribution in [3.05, 3.63) is 28.3 Å². The molecule has 2 rings (SSSR count). The molecule has 1 heterocycles. The molecule has 6 heteroatoms. The Hall–Kier alpha value is -0.620. The van der Waals surface area contributed by atoms with E-state index in [4.69, 9.17) is 0 Å². The van der Waals surface area contributed by atoms with Crippen molar-refractivity contribution in [3.8, 4) is 0 Å². The summed E-state index contributed by atoms with van der Waals surface area (Å²) in [6.45, 7) is 12.3. The summed E-state index contributed by atoms with van der Waals surface area (Å²) in [7, 11) is -3.46. The molecule has 1 fully saturated rings. The van der Waals surface area contributed by atoms with Gasteiger partial charge in [-0.25, -0.2) is 8.42 Å². The Labute approximate surface area is 153 Å². The second-order valence-electron chi connectivity index (χ2n) is 6.69. The van der Waals surface area contributed by atoms with E-state index < -0.39 is 10.0 Å². The molecule has 0 atom stereocenters. The van der Waals surface area contributed by atoms with Crippen LogP contribution in [0.3, 0.4) is 0 Å². The minimum absolute atomic E-state index is 0. The summed E-state index contributed by atoms with van der Waals surface area (Å²) in [4.78, 5) is 0.530. The molecule has 1 aliphatic heterocycles. The van der Waals surface area contributed by atoms with Gasteiger partial charge in [0, 0.05) is 12.6 Å². The number of halogens is 1. The van der Waals surface area contributed by atoms with Crippen LogP contribution in [-0.2, 0) is 10.0 Å². The molecule has 0 unspecified atom stereocenters. The number of benzene rings is 1. The smallest absolute Gasteiger partial charge is 0.243 e. The van der Waals surface area contributed by atoms with Crippen molar-refractivity contribution in [2.24, 2.45) is 0 Å². The Bertz CT molecular complexity index is 642. The van der Waals surface area contributed by atoms with E-state index in [-0.39, 0.29) is 18.4 Å². The van der Waals surface area contributed by atoms with Gasteiger partial charge >= 0.3 is 0 Å². The van der Waals surface area contributed by atoms with Gasteiger partial charge in [-0.15, -0.1) is 12.4 Å². The topological polar surface area (TPSA) is 49.4 Å². The largest absolute Gasteiger partial charge is 0.317 e. The van der Waals surface area contributed by atoms with Crippen LogP contribution in [0.25, 0.3) is 0 Å². The zero-order valence-electron chi connectivity index (χ0n) is 15.5. The van der Waals surface area contributed by atoms with Gasteiger partial charge in [-0.3, -0.25) is 0 Å². The molecule has 0 radical (unpaired) electrons. The number of nitrogens with one attached hydrogen (secondary N) is 1. The van der Waals surface area contributed by atoms with Crippen LogP contribution in [0, 0.1) is 27.7 Å². The second-order valence-corrected chi connectivity index (χ2v) is 8.51. The fourth-order valence-electron chi connectivity index (χ4n) is 3.50. The molecular formula is C18H31ClN2O2S. The first-order valence-electron chi connectivity index (χ1n) is 8.60. The van der Waals surface area contributed by atoms with Gasteiger partial charge in [0.15, 0.2) is 0 Å². The Balaban J connectivity index is 0.00000288. The zero-order chi connectivity index (χ0) is 17.2. The molecule has 1 saturated heterocycles. The van der Waals surface area contributed by atoms with Gasteiger partial charge in [-0.2, -0.15) is 4.31 Å². The minimum Gasteiger partial charge on any atom is -0.317 e. The quantitative estimate of drug-likeness (QED) is 0.858. The molecule has 0 spiro atoms. The van der Waals surface area contributed by atoms with Crippen LogP contribution in [0.4, 0.5) is 0 Å². The molecule has 24 heavy (non-hydrogen) atoms. The average molecular weight is 375 g/mol. The van der Waals surface area contributed by atoms with Gasteiger partial charge < -0.3 is 5.32 Å². The lowest BCUT2D eigenvalue weighted by Gasteiger charge is -2.34. The third-order valence-corrected chi connectivity index (χ3v) is 7.25. The number of aryl methyl sites for hydroxylation is 2. The molecule has 0 aliphatic carbocycles. The molecule has 0 bridgehead atoms. The Morgan fingerprint density at radius 3 is 2.04 bits per heavy atom. The molecule has 0 saturated carbocycles. The van der Waals surface area contributed by atoms with Gasteiger partial charge in [0.1, 0.15) is 0 Å². The highest BCUT2D eigenvalue weighted by Crippen LogP contribution is 2.31. The van der Waals surface area contributed by atoms with Crippen molar-refractivity contribution in [2.45, 2.75) is 64.8 Å². The van der Waals surface area contributed by atoms with Gasteiger partial charge in [-0.1, -0.05) is 13.0 Å². The first kappa shape index (κ1) is 21.4. The number of sulfonamides is 1. The van der Waals surface area contributed by atoms with E-state index in [1.807, 2.05) is 34.6 Å². The number of hydrogen-bond donors (Lipinski definition) is 1. The van der Waals surface area contributed by atoms with Gasteiger partial charge in [0.25, 0.3) is 0 Å². The van der Waals surface area contributed by atoms with E-state index in [9.17, 15) is 8.42 Å². The average Bonchev–Trinajstić information content (AvgIpc) is 2.51. The highest BCUT2D eigenvalue weighted by Gasteiger charge is 2.34. The number of nitrogens with zero attached hydrogens (tertiary/aromatic N) is 1. The first-order chi connectivity index (χ1) is 10.8. The van der Waals surface area contributed by atoms with Crippen molar-refractivity contribution >= 4 is 22.4 Å². The number of piperidine rings is 1. The lowest BCUT2D eigenvalue weighted by molar-refractivity contribution is 0.262. The normalized spacial score (nSPS) is 16.2. The van der Waals surface area contributed by atoms with E-state index in [2.05, 4.69) is 11.4 Å². The molecule has 138 valence electrons. The molecule has 1 N–H and O–H groups in total. The van der Waals surface area contributed by atoms with Crippen LogP contribution in [0.5, 0.6) is 0 Å². The number of rotatable bonds is 5. The van der Waals surface area contributed by atoms with E-state index in [1.54, 1.807) is 4.31 Å². The van der Waals surface area contributed by atoms with Crippen LogP contribution in [0.15, 0.2) is 11.0 Å². The predicted octanol–water partition coefficient (Wildman–Crippen LogP) is 3.49. The molecule has 4 nitrogen and oxygen atoms in total. The summed E-state index contributed by atoms with van der Waals surface area (Å²) in [5.41, 5.74) is 3.88. The Morgan fingerprint density at radius 1 is 1.08 bits per heavy atom. The van der Waals surface area contributed by atoms with E-state index >= 15 is 0 Å². The molecule has 1 aromatic carbocycles. The summed E-state index contributed by atoms with van der Waals surface area (Å²) < 4.78 is 28.7. The summed E-state index contributed by atoms with van der Waals surface area (Å²) in [5.74, 6) is 0. The maximum absolute atomic E-state index is 13.5. The van der Waals surface area contributed by atoms with Crippen LogP contribution >= 0.6 is 12.4 Å². The van der Waals surface area contributed by atoms with Crippen molar-refractivity contribution in [3.63, 3.8) is 0 Å². The van der Waals surface area contributed by atoms with Crippen molar-refractivity contribution in [2.75, 3.05) is 19.6 Å². The monoisotopic (exact) mass is 374 g/mol. The maximum atomic E-state index is 13.5. The Kier molecular flexibility index (Phi) is 7.73. The van der Waals surface area contributed by atoms with Crippen LogP contribution < -0.4 is 5.32 Å². The van der Waals surface area contributed by atoms with Gasteiger partial charge in [0.05, 0.1) is 4.90 Å². The molecular weight excluding hydrogens is 344 g/mol. The molecule has 1 aliphatic rings. The standard InChI is InChI=1S/C18H30N2O2S.ClH/c1-6-11-20(17-7-9-19-10-8-17)23(21,22)18-15(4)13(2)12-14(3)16(18)5;/h12,17,19H,6-11H2,1-5H3;1H. The summed E-state index contributed by atoms with van der Waals surface area (Å²) in [6.07, 6.45) is 2.62. The fraction of sp³-hybridized carbons (Fsp3) is 0.667. The second kappa shape index (κ2) is 8.65. The summed E-state index contributed by atoms with van der Waals surface area (Å²) >= 11 is 0. The molecule has 0 amide bonds. The predicted molar refractivity (Wildman–Crippen MR) is 103 cm³/mol. The van der Waals surface area contributed by atoms with Crippen LogP contribution in [-0.4, -0.2) is 38.4 Å². The zero-order valence-corrected chi connectivity index (χ0v) is 17.1. The third kappa shape index (κ3) is 4.13. The van der Waals surface area contributed by atoms with E-state index in [1.165, 1.54) is 0 Å². The number of hydrogen-bond acceptors (Lipinski definition) is 3. The van der Waals surface area contributed by atoms with Crippen molar-refractivity contribution < 1.29 is 8.42 Å². The van der Waals surface area contributed by atoms with Gasteiger partial charge in [0.2, 0.25) is 10.0 Å². The fourth-order valence-corrected chi connectivity index (χ4v) is 5.86. The minimum atomic E-state index is -3.46. The van der Waals surface area contributed by atoms with Crippen molar-refractivity contribution in [1.29, 1.82) is 0 Å². The SMILES string of the molecule is CCCN(C1CCNCC1)S(=O)(=O)c1c(C)c(C)cc(C)c1C.Cl. The maximum Gasteiger partial charge on any atom is 0.243 e.